The number of aryl methyl sites for hydroxylation is 1. The summed E-state index contributed by atoms with van der Waals surface area (Å²) in [5.74, 6) is 1.50. The third kappa shape index (κ3) is 3.40. The lowest BCUT2D eigenvalue weighted by molar-refractivity contribution is 0.287. The number of anilines is 1. The molecule has 2 N–H and O–H groups in total. The van der Waals surface area contributed by atoms with E-state index in [9.17, 15) is 0 Å². The summed E-state index contributed by atoms with van der Waals surface area (Å²) in [6.45, 7) is 0.147. The van der Waals surface area contributed by atoms with E-state index in [4.69, 9.17) is 5.11 Å². The molecule has 0 radical (unpaired) electrons. The first-order valence-corrected chi connectivity index (χ1v) is 9.76. The van der Waals surface area contributed by atoms with E-state index in [2.05, 4.69) is 67.1 Å². The molecule has 25 heavy (non-hydrogen) atoms. The van der Waals surface area contributed by atoms with Gasteiger partial charge in [-0.15, -0.1) is 11.3 Å². The monoisotopic (exact) mass is 416 g/mol. The highest BCUT2D eigenvalue weighted by Gasteiger charge is 2.25. The number of aliphatic hydroxyl groups is 1. The lowest BCUT2D eigenvalue weighted by Crippen LogP contribution is -2.19. The molecule has 0 bridgehead atoms. The number of nitrogens with zero attached hydrogens (tertiary/aromatic N) is 3. The topological polar surface area (TPSA) is 63.0 Å². The summed E-state index contributed by atoms with van der Waals surface area (Å²) in [5, 5.41) is 19.2. The molecule has 128 valence electrons. The van der Waals surface area contributed by atoms with Crippen LogP contribution in [0.15, 0.2) is 52.3 Å². The van der Waals surface area contributed by atoms with E-state index < -0.39 is 0 Å². The van der Waals surface area contributed by atoms with Crippen molar-refractivity contribution in [2.75, 3.05) is 11.9 Å². The van der Waals surface area contributed by atoms with E-state index in [1.807, 2.05) is 16.8 Å². The molecule has 0 spiro atoms. The fraction of sp³-hybridized carbons (Fsp3) is 0.222. The molecule has 1 aromatic carbocycles. The van der Waals surface area contributed by atoms with Crippen molar-refractivity contribution in [3.63, 3.8) is 0 Å². The molecule has 0 fully saturated rings. The molecule has 7 heteroatoms. The molecule has 0 unspecified atom stereocenters. The minimum absolute atomic E-state index is 0.0188. The number of aliphatic hydroxyl groups excluding tert-OH is 1. The smallest absolute Gasteiger partial charge is 0.226 e. The Balaban J connectivity index is 1.74. The Bertz CT molecular complexity index is 886. The van der Waals surface area contributed by atoms with Gasteiger partial charge in [0.2, 0.25) is 5.95 Å². The van der Waals surface area contributed by atoms with Gasteiger partial charge in [0.05, 0.1) is 0 Å². The predicted molar refractivity (Wildman–Crippen MR) is 104 cm³/mol. The zero-order valence-corrected chi connectivity index (χ0v) is 15.8. The number of rotatable bonds is 5. The first kappa shape index (κ1) is 16.5. The third-order valence-electron chi connectivity index (χ3n) is 4.06. The zero-order chi connectivity index (χ0) is 17.2. The van der Waals surface area contributed by atoms with E-state index in [0.717, 1.165) is 27.5 Å². The van der Waals surface area contributed by atoms with Gasteiger partial charge in [-0.1, -0.05) is 34.1 Å². The fourth-order valence-corrected chi connectivity index (χ4v) is 3.88. The van der Waals surface area contributed by atoms with Crippen LogP contribution in [0.3, 0.4) is 0 Å². The first-order valence-electron chi connectivity index (χ1n) is 8.09. The molecule has 2 aromatic heterocycles. The minimum atomic E-state index is 0.0188. The number of thiophene rings is 1. The summed E-state index contributed by atoms with van der Waals surface area (Å²) < 4.78 is 2.98. The SMILES string of the molecule is OCCCc1nc2n(n1)[C@@H](c1cccs1)C=C(c1ccc(Br)cc1)N2. The van der Waals surface area contributed by atoms with E-state index >= 15 is 0 Å². The second kappa shape index (κ2) is 7.11. The molecule has 3 heterocycles. The van der Waals surface area contributed by atoms with Crippen LogP contribution in [-0.4, -0.2) is 26.5 Å². The molecular formula is C18H17BrN4OS. The molecule has 0 aliphatic carbocycles. The van der Waals surface area contributed by atoms with Gasteiger partial charge in [-0.05, 0) is 41.6 Å². The van der Waals surface area contributed by atoms with E-state index in [1.54, 1.807) is 11.3 Å². The van der Waals surface area contributed by atoms with Gasteiger partial charge in [0, 0.05) is 28.1 Å². The second-order valence-electron chi connectivity index (χ2n) is 5.80. The van der Waals surface area contributed by atoms with Crippen LogP contribution in [-0.2, 0) is 6.42 Å². The summed E-state index contributed by atoms with van der Waals surface area (Å²) in [5.41, 5.74) is 2.13. The molecule has 3 aromatic rings. The molecule has 0 saturated carbocycles. The summed E-state index contributed by atoms with van der Waals surface area (Å²) in [6, 6.07) is 12.4. The first-order chi connectivity index (χ1) is 12.2. The van der Waals surface area contributed by atoms with Gasteiger partial charge in [0.1, 0.15) is 6.04 Å². The van der Waals surface area contributed by atoms with Crippen LogP contribution in [0, 0.1) is 0 Å². The van der Waals surface area contributed by atoms with Crippen LogP contribution in [0.4, 0.5) is 5.95 Å². The van der Waals surface area contributed by atoms with Crippen molar-refractivity contribution in [2.45, 2.75) is 18.9 Å². The maximum Gasteiger partial charge on any atom is 0.226 e. The predicted octanol–water partition coefficient (Wildman–Crippen LogP) is 4.08. The number of hydrogen-bond donors (Lipinski definition) is 2. The largest absolute Gasteiger partial charge is 0.396 e. The highest BCUT2D eigenvalue weighted by Crippen LogP contribution is 2.34. The van der Waals surface area contributed by atoms with Crippen LogP contribution in [0.1, 0.15) is 28.7 Å². The fourth-order valence-electron chi connectivity index (χ4n) is 2.84. The number of allylic oxidation sites excluding steroid dienone is 1. The zero-order valence-electron chi connectivity index (χ0n) is 13.4. The van der Waals surface area contributed by atoms with Gasteiger partial charge < -0.3 is 10.4 Å². The minimum Gasteiger partial charge on any atom is -0.396 e. The standard InChI is InChI=1S/C18H17BrN4OS/c19-13-7-5-12(6-8-13)14-11-15(16-3-2-10-25-16)23-18(20-14)21-17(22-23)4-1-9-24/h2-3,5-8,10-11,15,24H,1,4,9H2,(H,20,21,22)/t15-/m1/s1. The Hall–Kier alpha value is -1.96. The van der Waals surface area contributed by atoms with E-state index in [-0.39, 0.29) is 12.6 Å². The van der Waals surface area contributed by atoms with Crippen molar-refractivity contribution in [3.05, 3.63) is 68.6 Å². The van der Waals surface area contributed by atoms with Gasteiger partial charge >= 0.3 is 0 Å². The van der Waals surface area contributed by atoms with Gasteiger partial charge in [0.25, 0.3) is 0 Å². The van der Waals surface area contributed by atoms with Crippen LogP contribution in [0.5, 0.6) is 0 Å². The number of benzene rings is 1. The molecule has 1 aliphatic heterocycles. The molecule has 5 nitrogen and oxygen atoms in total. The van der Waals surface area contributed by atoms with Crippen molar-refractivity contribution < 1.29 is 5.11 Å². The number of aromatic nitrogens is 3. The average molecular weight is 417 g/mol. The van der Waals surface area contributed by atoms with Gasteiger partial charge in [-0.25, -0.2) is 4.68 Å². The van der Waals surface area contributed by atoms with E-state index in [1.165, 1.54) is 4.88 Å². The summed E-state index contributed by atoms with van der Waals surface area (Å²) in [7, 11) is 0. The number of nitrogens with one attached hydrogen (secondary N) is 1. The number of fused-ring (bicyclic) bond motifs is 1. The molecule has 0 saturated heterocycles. The Kier molecular flexibility index (Phi) is 4.70. The van der Waals surface area contributed by atoms with E-state index in [0.29, 0.717) is 12.8 Å². The average Bonchev–Trinajstić information content (AvgIpc) is 3.29. The van der Waals surface area contributed by atoms with Crippen LogP contribution >= 0.6 is 27.3 Å². The summed E-state index contributed by atoms with van der Waals surface area (Å²) >= 11 is 5.19. The molecule has 4 rings (SSSR count). The van der Waals surface area contributed by atoms with Crippen LogP contribution in [0.25, 0.3) is 5.70 Å². The lowest BCUT2D eigenvalue weighted by atomic mass is 10.1. The van der Waals surface area contributed by atoms with Gasteiger partial charge in [-0.2, -0.15) is 10.1 Å². The summed E-state index contributed by atoms with van der Waals surface area (Å²) in [6.07, 6.45) is 3.52. The van der Waals surface area contributed by atoms with Crippen molar-refractivity contribution in [3.8, 4) is 0 Å². The molecule has 0 amide bonds. The van der Waals surface area contributed by atoms with Gasteiger partial charge in [0.15, 0.2) is 5.82 Å². The van der Waals surface area contributed by atoms with Crippen molar-refractivity contribution in [1.29, 1.82) is 0 Å². The number of hydrogen-bond acceptors (Lipinski definition) is 5. The Morgan fingerprint density at radius 1 is 1.24 bits per heavy atom. The summed E-state index contributed by atoms with van der Waals surface area (Å²) in [4.78, 5) is 5.84. The van der Waals surface area contributed by atoms with Crippen molar-refractivity contribution in [1.82, 2.24) is 14.8 Å². The molecule has 1 atom stereocenters. The maximum absolute atomic E-state index is 9.06. The second-order valence-corrected chi connectivity index (χ2v) is 7.69. The van der Waals surface area contributed by atoms with Crippen molar-refractivity contribution >= 4 is 38.9 Å². The highest BCUT2D eigenvalue weighted by atomic mass is 79.9. The van der Waals surface area contributed by atoms with Gasteiger partial charge in [-0.3, -0.25) is 0 Å². The van der Waals surface area contributed by atoms with Crippen LogP contribution in [0.2, 0.25) is 0 Å². The normalized spacial score (nSPS) is 16.2. The van der Waals surface area contributed by atoms with Crippen molar-refractivity contribution in [2.24, 2.45) is 0 Å². The lowest BCUT2D eigenvalue weighted by Gasteiger charge is -2.23. The Morgan fingerprint density at radius 2 is 2.08 bits per heavy atom. The van der Waals surface area contributed by atoms with Crippen LogP contribution < -0.4 is 5.32 Å². The Labute approximate surface area is 158 Å². The number of halogens is 1. The Morgan fingerprint density at radius 3 is 2.80 bits per heavy atom. The maximum atomic E-state index is 9.06. The molecular weight excluding hydrogens is 400 g/mol. The third-order valence-corrected chi connectivity index (χ3v) is 5.53. The highest BCUT2D eigenvalue weighted by molar-refractivity contribution is 9.10. The molecule has 1 aliphatic rings. The quantitative estimate of drug-likeness (QED) is 0.657.